The highest BCUT2D eigenvalue weighted by Crippen LogP contribution is 2.56. The second-order valence-electron chi connectivity index (χ2n) is 7.67. The van der Waals surface area contributed by atoms with Gasteiger partial charge in [-0.15, -0.1) is 11.3 Å². The fourth-order valence-corrected chi connectivity index (χ4v) is 5.19. The second-order valence-corrected chi connectivity index (χ2v) is 8.64. The first-order valence-electron chi connectivity index (χ1n) is 9.69. The molecule has 140 valence electrons. The first-order chi connectivity index (χ1) is 12.6. The maximum absolute atomic E-state index is 13.5. The zero-order chi connectivity index (χ0) is 18.1. The molecule has 2 aliphatic rings. The van der Waals surface area contributed by atoms with Crippen molar-refractivity contribution >= 4 is 17.2 Å². The number of hydrogen-bond donors (Lipinski definition) is 1. The fourth-order valence-electron chi connectivity index (χ4n) is 4.41. The molecule has 1 spiro atoms. The van der Waals surface area contributed by atoms with Gasteiger partial charge in [0.1, 0.15) is 5.82 Å². The summed E-state index contributed by atoms with van der Waals surface area (Å²) in [7, 11) is 0. The van der Waals surface area contributed by atoms with Gasteiger partial charge in [-0.25, -0.2) is 4.98 Å². The molecule has 1 N–H and O–H groups in total. The Balaban J connectivity index is 1.58. The van der Waals surface area contributed by atoms with Crippen LogP contribution in [0.25, 0.3) is 0 Å². The summed E-state index contributed by atoms with van der Waals surface area (Å²) in [5, 5.41) is 5.51. The van der Waals surface area contributed by atoms with Crippen molar-refractivity contribution in [3.63, 3.8) is 0 Å². The first-order valence-corrected chi connectivity index (χ1v) is 10.6. The summed E-state index contributed by atoms with van der Waals surface area (Å²) in [5.41, 5.74) is 0.333. The molecule has 2 fully saturated rings. The van der Waals surface area contributed by atoms with E-state index in [0.717, 1.165) is 36.8 Å². The van der Waals surface area contributed by atoms with Crippen LogP contribution in [-0.4, -0.2) is 39.5 Å². The molecule has 6 heteroatoms. The van der Waals surface area contributed by atoms with Gasteiger partial charge >= 0.3 is 0 Å². The van der Waals surface area contributed by atoms with Crippen molar-refractivity contribution in [2.45, 2.75) is 58.2 Å². The topological polar surface area (TPSA) is 50.2 Å². The molecule has 1 aliphatic heterocycles. The zero-order valence-corrected chi connectivity index (χ0v) is 16.5. The molecule has 5 nitrogen and oxygen atoms in total. The van der Waals surface area contributed by atoms with Crippen LogP contribution in [0.3, 0.4) is 0 Å². The van der Waals surface area contributed by atoms with Crippen LogP contribution in [0.2, 0.25) is 0 Å². The van der Waals surface area contributed by atoms with Crippen LogP contribution in [0, 0.1) is 5.41 Å². The molecule has 26 heavy (non-hydrogen) atoms. The van der Waals surface area contributed by atoms with Gasteiger partial charge < -0.3 is 14.8 Å². The SMILES string of the molecule is CCn1ccnc1CN(C(=O)[C@H](C)c1cccs1)[C@@H]1CC12CCNCC2. The molecule has 2 atom stereocenters. The number of nitrogens with one attached hydrogen (secondary N) is 1. The number of carbonyl (C=O) groups excluding carboxylic acids is 1. The molecule has 0 radical (unpaired) electrons. The number of hydrogen-bond acceptors (Lipinski definition) is 4. The highest BCUT2D eigenvalue weighted by molar-refractivity contribution is 7.10. The molecule has 0 bridgehead atoms. The van der Waals surface area contributed by atoms with Crippen LogP contribution in [-0.2, 0) is 17.9 Å². The molecule has 2 aromatic rings. The predicted molar refractivity (Wildman–Crippen MR) is 104 cm³/mol. The fraction of sp³-hybridized carbons (Fsp3) is 0.600. The number of aryl methyl sites for hydroxylation is 1. The maximum Gasteiger partial charge on any atom is 0.231 e. The van der Waals surface area contributed by atoms with E-state index < -0.39 is 0 Å². The average molecular weight is 373 g/mol. The van der Waals surface area contributed by atoms with Crippen LogP contribution < -0.4 is 5.32 Å². The lowest BCUT2D eigenvalue weighted by Crippen LogP contribution is -2.41. The summed E-state index contributed by atoms with van der Waals surface area (Å²) in [6.07, 6.45) is 7.35. The number of thiophene rings is 1. The smallest absolute Gasteiger partial charge is 0.231 e. The Morgan fingerprint density at radius 2 is 2.31 bits per heavy atom. The van der Waals surface area contributed by atoms with E-state index in [1.807, 2.05) is 25.4 Å². The van der Waals surface area contributed by atoms with E-state index in [4.69, 9.17) is 0 Å². The van der Waals surface area contributed by atoms with Crippen molar-refractivity contribution in [2.24, 2.45) is 5.41 Å². The number of aromatic nitrogens is 2. The predicted octanol–water partition coefficient (Wildman–Crippen LogP) is 3.24. The summed E-state index contributed by atoms with van der Waals surface area (Å²) >= 11 is 1.67. The van der Waals surface area contributed by atoms with Crippen LogP contribution in [0.5, 0.6) is 0 Å². The minimum Gasteiger partial charge on any atom is -0.334 e. The van der Waals surface area contributed by atoms with E-state index in [2.05, 4.69) is 38.1 Å². The van der Waals surface area contributed by atoms with Gasteiger partial charge in [-0.05, 0) is 63.1 Å². The van der Waals surface area contributed by atoms with Crippen molar-refractivity contribution in [1.82, 2.24) is 19.8 Å². The van der Waals surface area contributed by atoms with Gasteiger partial charge in [-0.1, -0.05) is 6.07 Å². The summed E-state index contributed by atoms with van der Waals surface area (Å²) in [6, 6.07) is 4.47. The Morgan fingerprint density at radius 1 is 1.50 bits per heavy atom. The van der Waals surface area contributed by atoms with Gasteiger partial charge in [0.05, 0.1) is 12.5 Å². The third-order valence-electron chi connectivity index (χ3n) is 6.20. The Kier molecular flexibility index (Phi) is 4.88. The lowest BCUT2D eigenvalue weighted by Gasteiger charge is -2.31. The average Bonchev–Trinajstić information content (AvgIpc) is 3.07. The summed E-state index contributed by atoms with van der Waals surface area (Å²) in [5.74, 6) is 1.16. The number of amides is 1. The highest BCUT2D eigenvalue weighted by atomic mass is 32.1. The number of imidazole rings is 1. The van der Waals surface area contributed by atoms with Crippen LogP contribution >= 0.6 is 11.3 Å². The monoisotopic (exact) mass is 372 g/mol. The van der Waals surface area contributed by atoms with Gasteiger partial charge in [0.2, 0.25) is 5.91 Å². The quantitative estimate of drug-likeness (QED) is 0.847. The second kappa shape index (κ2) is 7.16. The number of carbonyl (C=O) groups is 1. The molecule has 2 aromatic heterocycles. The summed E-state index contributed by atoms with van der Waals surface area (Å²) in [6.45, 7) is 7.82. The minimum absolute atomic E-state index is 0.0839. The van der Waals surface area contributed by atoms with E-state index in [1.165, 1.54) is 12.8 Å². The number of nitrogens with zero attached hydrogens (tertiary/aromatic N) is 3. The van der Waals surface area contributed by atoms with Crippen LogP contribution in [0.1, 0.15) is 49.7 Å². The van der Waals surface area contributed by atoms with Gasteiger partial charge in [0.25, 0.3) is 0 Å². The molecule has 1 aliphatic carbocycles. The van der Waals surface area contributed by atoms with E-state index >= 15 is 0 Å². The standard InChI is InChI=1S/C20H28N4OS/c1-3-23-11-10-22-18(23)14-24(17-13-20(17)6-8-21-9-7-20)19(25)15(2)16-5-4-12-26-16/h4-5,10-12,15,17,21H,3,6-9,13-14H2,1-2H3/t15-,17-/m1/s1. The summed E-state index contributed by atoms with van der Waals surface area (Å²) < 4.78 is 2.15. The Morgan fingerprint density at radius 3 is 3.00 bits per heavy atom. The highest BCUT2D eigenvalue weighted by Gasteiger charge is 2.58. The molecule has 4 rings (SSSR count). The van der Waals surface area contributed by atoms with Crippen molar-refractivity contribution in [2.75, 3.05) is 13.1 Å². The Bertz CT molecular complexity index is 748. The van der Waals surface area contributed by atoms with Crippen molar-refractivity contribution in [1.29, 1.82) is 0 Å². The molecule has 0 aromatic carbocycles. The molecule has 1 amide bonds. The third kappa shape index (κ3) is 3.21. The van der Waals surface area contributed by atoms with Gasteiger partial charge in [-0.3, -0.25) is 4.79 Å². The van der Waals surface area contributed by atoms with E-state index in [9.17, 15) is 4.79 Å². The molecule has 0 unspecified atom stereocenters. The minimum atomic E-state index is -0.0839. The van der Waals surface area contributed by atoms with E-state index in [1.54, 1.807) is 11.3 Å². The molecule has 1 saturated heterocycles. The van der Waals surface area contributed by atoms with Crippen LogP contribution in [0.15, 0.2) is 29.9 Å². The van der Waals surface area contributed by atoms with Crippen molar-refractivity contribution < 1.29 is 4.79 Å². The number of piperidine rings is 1. The van der Waals surface area contributed by atoms with E-state index in [0.29, 0.717) is 18.0 Å². The maximum atomic E-state index is 13.5. The lowest BCUT2D eigenvalue weighted by atomic mass is 9.93. The summed E-state index contributed by atoms with van der Waals surface area (Å²) in [4.78, 5) is 21.3. The van der Waals surface area contributed by atoms with Gasteiger partial charge in [0.15, 0.2) is 0 Å². The molecular weight excluding hydrogens is 344 g/mol. The molecular formula is C20H28N4OS. The largest absolute Gasteiger partial charge is 0.334 e. The zero-order valence-electron chi connectivity index (χ0n) is 15.6. The lowest BCUT2D eigenvalue weighted by molar-refractivity contribution is -0.134. The third-order valence-corrected chi connectivity index (χ3v) is 7.25. The molecule has 1 saturated carbocycles. The molecule has 3 heterocycles. The van der Waals surface area contributed by atoms with Crippen molar-refractivity contribution in [3.8, 4) is 0 Å². The van der Waals surface area contributed by atoms with Gasteiger partial charge in [0, 0.05) is 29.9 Å². The van der Waals surface area contributed by atoms with Crippen LogP contribution in [0.4, 0.5) is 0 Å². The Labute approximate surface area is 159 Å². The normalized spacial score (nSPS) is 22.3. The first kappa shape index (κ1) is 17.7. The number of rotatable bonds is 6. The van der Waals surface area contributed by atoms with E-state index in [-0.39, 0.29) is 11.8 Å². The van der Waals surface area contributed by atoms with Gasteiger partial charge in [-0.2, -0.15) is 0 Å². The van der Waals surface area contributed by atoms with Crippen molar-refractivity contribution in [3.05, 3.63) is 40.6 Å². The Hall–Kier alpha value is -1.66.